The van der Waals surface area contributed by atoms with Crippen LogP contribution in [-0.4, -0.2) is 79.9 Å². The molecule has 9 heteroatoms. The van der Waals surface area contributed by atoms with Crippen molar-refractivity contribution in [3.8, 4) is 0 Å². The summed E-state index contributed by atoms with van der Waals surface area (Å²) < 4.78 is 23.2. The van der Waals surface area contributed by atoms with Crippen molar-refractivity contribution < 1.29 is 33.6 Å². The van der Waals surface area contributed by atoms with Crippen molar-refractivity contribution in [1.29, 1.82) is 0 Å². The highest BCUT2D eigenvalue weighted by Gasteiger charge is 2.37. The van der Waals surface area contributed by atoms with Crippen LogP contribution in [0.25, 0.3) is 0 Å². The Bertz CT molecular complexity index is 694. The van der Waals surface area contributed by atoms with Crippen molar-refractivity contribution in [3.63, 3.8) is 0 Å². The Labute approximate surface area is 233 Å². The number of carbonyl (C=O) groups is 1. The van der Waals surface area contributed by atoms with Gasteiger partial charge in [0.25, 0.3) is 0 Å². The third-order valence-electron chi connectivity index (χ3n) is 7.98. The van der Waals surface area contributed by atoms with E-state index < -0.39 is 32.5 Å². The highest BCUT2D eigenvalue weighted by Crippen LogP contribution is 2.36. The van der Waals surface area contributed by atoms with Gasteiger partial charge in [0.05, 0.1) is 25.1 Å². The van der Waals surface area contributed by atoms with Gasteiger partial charge in [-0.05, 0) is 84.0 Å². The summed E-state index contributed by atoms with van der Waals surface area (Å²) in [6.45, 7) is 22.1. The Morgan fingerprint density at radius 1 is 1.05 bits per heavy atom. The van der Waals surface area contributed by atoms with E-state index >= 15 is 0 Å². The number of amides is 1. The molecule has 224 valence electrons. The maximum absolute atomic E-state index is 12.6. The van der Waals surface area contributed by atoms with Crippen LogP contribution in [0, 0.1) is 11.8 Å². The first-order valence-electron chi connectivity index (χ1n) is 14.5. The molecule has 1 saturated heterocycles. The fraction of sp³-hybridized carbons (Fsp3) is 0.897. The first-order chi connectivity index (χ1) is 17.6. The maximum atomic E-state index is 12.6. The average Bonchev–Trinajstić information content (AvgIpc) is 2.81. The van der Waals surface area contributed by atoms with Crippen molar-refractivity contribution in [2.45, 2.75) is 136 Å². The van der Waals surface area contributed by atoms with Crippen molar-refractivity contribution in [1.82, 2.24) is 4.90 Å². The van der Waals surface area contributed by atoms with Crippen LogP contribution in [0.3, 0.4) is 0 Å². The Balaban J connectivity index is 2.81. The largest absolute Gasteiger partial charge is 0.418 e. The molecule has 1 aliphatic heterocycles. The van der Waals surface area contributed by atoms with E-state index in [-0.39, 0.29) is 29.3 Å². The van der Waals surface area contributed by atoms with E-state index in [2.05, 4.69) is 33.9 Å². The smallest absolute Gasteiger partial charge is 0.415 e. The zero-order valence-corrected chi connectivity index (χ0v) is 26.7. The van der Waals surface area contributed by atoms with E-state index in [1.54, 1.807) is 11.0 Å². The number of ether oxygens (including phenoxy) is 3. The molecule has 0 aromatic rings. The molecule has 1 rings (SSSR count). The lowest BCUT2D eigenvalue weighted by atomic mass is 9.85. The molecule has 38 heavy (non-hydrogen) atoms. The number of carbonyl (C=O) groups excluding carboxylic acids is 1. The van der Waals surface area contributed by atoms with Crippen LogP contribution >= 0.6 is 0 Å². The molecule has 1 heterocycles. The molecule has 8 nitrogen and oxygen atoms in total. The van der Waals surface area contributed by atoms with Crippen LogP contribution in [0.2, 0.25) is 18.1 Å². The predicted octanol–water partition coefficient (Wildman–Crippen LogP) is 6.07. The molecule has 1 unspecified atom stereocenters. The van der Waals surface area contributed by atoms with Crippen LogP contribution in [-0.2, 0) is 18.6 Å². The second-order valence-corrected chi connectivity index (χ2v) is 17.6. The van der Waals surface area contributed by atoms with Gasteiger partial charge in [-0.1, -0.05) is 27.7 Å². The summed E-state index contributed by atoms with van der Waals surface area (Å²) in [5.41, 5.74) is 0. The second-order valence-electron chi connectivity index (χ2n) is 12.7. The van der Waals surface area contributed by atoms with Crippen LogP contribution in [0.15, 0.2) is 12.3 Å². The SMILES string of the molecule is CC(C)N(C(=O)O/C=C\[C@H](CCOC1CCCCO1)[C@H](O)[C@@H](C)[C@H](O)CCO[Si](C)(C)C(C)(C)C)C(C)C. The molecule has 0 spiro atoms. The first-order valence-corrected chi connectivity index (χ1v) is 17.4. The number of rotatable bonds is 15. The quantitative estimate of drug-likeness (QED) is 0.185. The first kappa shape index (κ1) is 35.1. The summed E-state index contributed by atoms with van der Waals surface area (Å²) >= 11 is 0. The standard InChI is InChI=1S/C29H57NO7Si/c1-21(2)30(22(3)4)28(33)36-19-15-24(14-18-35-26-13-11-12-17-34-26)27(32)23(5)25(31)16-20-37-38(9,10)29(6,7)8/h15,19,21-27,31-32H,11-14,16-18,20H2,1-10H3/b19-15-/t23-,24-,25+,26?,27+/m0/s1. The summed E-state index contributed by atoms with van der Waals surface area (Å²) in [6, 6.07) is 0.00906. The highest BCUT2D eigenvalue weighted by molar-refractivity contribution is 6.74. The van der Waals surface area contributed by atoms with E-state index in [1.807, 2.05) is 34.6 Å². The van der Waals surface area contributed by atoms with Gasteiger partial charge < -0.3 is 33.7 Å². The molecule has 2 N–H and O–H groups in total. The third-order valence-corrected chi connectivity index (χ3v) is 12.5. The molecule has 1 amide bonds. The fourth-order valence-electron chi connectivity index (χ4n) is 4.37. The van der Waals surface area contributed by atoms with E-state index in [9.17, 15) is 15.0 Å². The Kier molecular flexibility index (Phi) is 15.1. The lowest BCUT2D eigenvalue weighted by molar-refractivity contribution is -0.165. The Morgan fingerprint density at radius 2 is 1.68 bits per heavy atom. The normalized spacial score (nSPS) is 20.5. The minimum absolute atomic E-state index is 0.00453. The minimum Gasteiger partial charge on any atom is -0.418 e. The number of nitrogens with zero attached hydrogens (tertiary/aromatic N) is 1. The topological polar surface area (TPSA) is 97.7 Å². The molecular formula is C29H57NO7Si. The van der Waals surface area contributed by atoms with Crippen molar-refractivity contribution >= 4 is 14.4 Å². The van der Waals surface area contributed by atoms with Gasteiger partial charge in [0.15, 0.2) is 14.6 Å². The summed E-state index contributed by atoms with van der Waals surface area (Å²) in [7, 11) is -1.91. The van der Waals surface area contributed by atoms with Gasteiger partial charge in [0.1, 0.15) is 0 Å². The Hall–Kier alpha value is -0.973. The van der Waals surface area contributed by atoms with E-state index in [1.165, 1.54) is 6.26 Å². The van der Waals surface area contributed by atoms with Gasteiger partial charge in [-0.15, -0.1) is 0 Å². The van der Waals surface area contributed by atoms with E-state index in [0.717, 1.165) is 19.3 Å². The summed E-state index contributed by atoms with van der Waals surface area (Å²) in [4.78, 5) is 14.3. The molecule has 0 aromatic carbocycles. The van der Waals surface area contributed by atoms with Crippen LogP contribution in [0.1, 0.15) is 87.5 Å². The van der Waals surface area contributed by atoms with Crippen molar-refractivity contribution in [2.24, 2.45) is 11.8 Å². The highest BCUT2D eigenvalue weighted by atomic mass is 28.4. The molecular weight excluding hydrogens is 502 g/mol. The van der Waals surface area contributed by atoms with Crippen LogP contribution in [0.5, 0.6) is 0 Å². The number of aliphatic hydroxyl groups excluding tert-OH is 2. The lowest BCUT2D eigenvalue weighted by Crippen LogP contribution is -2.42. The van der Waals surface area contributed by atoms with E-state index in [4.69, 9.17) is 18.6 Å². The molecule has 0 aromatic heterocycles. The minimum atomic E-state index is -1.91. The number of hydrogen-bond donors (Lipinski definition) is 2. The zero-order chi connectivity index (χ0) is 29.1. The molecule has 1 aliphatic rings. The van der Waals surface area contributed by atoms with Crippen molar-refractivity contribution in [3.05, 3.63) is 12.3 Å². The lowest BCUT2D eigenvalue weighted by Gasteiger charge is -2.37. The number of hydrogen-bond acceptors (Lipinski definition) is 7. The monoisotopic (exact) mass is 559 g/mol. The van der Waals surface area contributed by atoms with Gasteiger partial charge in [-0.2, -0.15) is 0 Å². The molecule has 5 atom stereocenters. The van der Waals surface area contributed by atoms with Gasteiger partial charge in [0.2, 0.25) is 0 Å². The van der Waals surface area contributed by atoms with Crippen LogP contribution < -0.4 is 0 Å². The second kappa shape index (κ2) is 16.3. The predicted molar refractivity (Wildman–Crippen MR) is 154 cm³/mol. The van der Waals surface area contributed by atoms with Crippen molar-refractivity contribution in [2.75, 3.05) is 19.8 Å². The fourth-order valence-corrected chi connectivity index (χ4v) is 5.43. The Morgan fingerprint density at radius 3 is 2.21 bits per heavy atom. The molecule has 0 saturated carbocycles. The molecule has 0 aliphatic carbocycles. The van der Waals surface area contributed by atoms with Gasteiger partial charge >= 0.3 is 6.09 Å². The molecule has 0 radical (unpaired) electrons. The summed E-state index contributed by atoms with van der Waals surface area (Å²) in [5, 5.41) is 22.2. The maximum Gasteiger partial charge on any atom is 0.415 e. The zero-order valence-electron chi connectivity index (χ0n) is 25.7. The summed E-state index contributed by atoms with van der Waals surface area (Å²) in [6.07, 6.45) is 4.79. The molecule has 1 fully saturated rings. The van der Waals surface area contributed by atoms with Gasteiger partial charge in [-0.25, -0.2) is 4.79 Å². The number of aliphatic hydroxyl groups is 2. The van der Waals surface area contributed by atoms with Gasteiger partial charge in [0, 0.05) is 37.1 Å². The van der Waals surface area contributed by atoms with Gasteiger partial charge in [-0.3, -0.25) is 0 Å². The average molecular weight is 560 g/mol. The summed E-state index contributed by atoms with van der Waals surface area (Å²) in [5.74, 6) is -0.777. The molecule has 0 bridgehead atoms. The van der Waals surface area contributed by atoms with Crippen LogP contribution in [0.4, 0.5) is 4.79 Å². The van der Waals surface area contributed by atoms with E-state index in [0.29, 0.717) is 32.7 Å². The third kappa shape index (κ3) is 11.6.